The van der Waals surface area contributed by atoms with Crippen LogP contribution in [0.3, 0.4) is 0 Å². The van der Waals surface area contributed by atoms with Crippen LogP contribution in [-0.4, -0.2) is 72.8 Å². The predicted octanol–water partition coefficient (Wildman–Crippen LogP) is 2.11. The van der Waals surface area contributed by atoms with Gasteiger partial charge in [0.25, 0.3) is 0 Å². The molecule has 2 aromatic rings. The number of piperazine rings is 1. The molecule has 150 valence electrons. The zero-order chi connectivity index (χ0) is 19.3. The van der Waals surface area contributed by atoms with Gasteiger partial charge in [0.2, 0.25) is 0 Å². The molecule has 0 aliphatic carbocycles. The summed E-state index contributed by atoms with van der Waals surface area (Å²) in [5, 5.41) is 0. The topological polar surface area (TPSA) is 44.7 Å². The van der Waals surface area contributed by atoms with Gasteiger partial charge in [0.05, 0.1) is 12.3 Å². The third-order valence-electron chi connectivity index (χ3n) is 5.76. The van der Waals surface area contributed by atoms with Crippen LogP contribution in [0.2, 0.25) is 0 Å². The molecule has 1 aromatic heterocycles. The Hall–Kier alpha value is -2.02. The van der Waals surface area contributed by atoms with Crippen molar-refractivity contribution in [2.75, 3.05) is 57.9 Å². The lowest BCUT2D eigenvalue weighted by molar-refractivity contribution is 0.143. The molecule has 0 saturated carbocycles. The number of benzene rings is 1. The van der Waals surface area contributed by atoms with Crippen molar-refractivity contribution in [1.82, 2.24) is 19.8 Å². The van der Waals surface area contributed by atoms with Gasteiger partial charge in [-0.05, 0) is 12.5 Å². The van der Waals surface area contributed by atoms with E-state index >= 15 is 0 Å². The first-order valence-electron chi connectivity index (χ1n) is 10.3. The number of methoxy groups -OCH3 is 1. The van der Waals surface area contributed by atoms with E-state index in [1.165, 1.54) is 16.8 Å². The largest absolute Gasteiger partial charge is 0.383 e. The third kappa shape index (κ3) is 4.51. The van der Waals surface area contributed by atoms with E-state index in [0.29, 0.717) is 0 Å². The number of aryl methyl sites for hydroxylation is 1. The molecule has 3 heterocycles. The Labute approximate surface area is 168 Å². The number of aromatic nitrogens is 2. The van der Waals surface area contributed by atoms with Gasteiger partial charge in [-0.2, -0.15) is 0 Å². The number of ether oxygens (including phenoxy) is 1. The average molecular weight is 382 g/mol. The number of hydrogen-bond donors (Lipinski definition) is 0. The van der Waals surface area contributed by atoms with E-state index in [0.717, 1.165) is 77.0 Å². The summed E-state index contributed by atoms with van der Waals surface area (Å²) in [6.07, 6.45) is 1.01. The van der Waals surface area contributed by atoms with Crippen molar-refractivity contribution in [3.05, 3.63) is 53.0 Å². The summed E-state index contributed by atoms with van der Waals surface area (Å²) in [6.45, 7) is 11.0. The van der Waals surface area contributed by atoms with Crippen molar-refractivity contribution in [3.63, 3.8) is 0 Å². The molecule has 0 N–H and O–H groups in total. The molecule has 1 saturated heterocycles. The number of fused-ring (bicyclic) bond motifs is 1. The van der Waals surface area contributed by atoms with E-state index in [9.17, 15) is 0 Å². The van der Waals surface area contributed by atoms with Gasteiger partial charge in [-0.3, -0.25) is 9.80 Å². The van der Waals surface area contributed by atoms with Crippen LogP contribution in [0, 0.1) is 6.92 Å². The van der Waals surface area contributed by atoms with Crippen molar-refractivity contribution < 1.29 is 4.74 Å². The normalized spacial score (nSPS) is 18.3. The summed E-state index contributed by atoms with van der Waals surface area (Å²) in [6, 6.07) is 10.7. The van der Waals surface area contributed by atoms with Gasteiger partial charge < -0.3 is 9.64 Å². The minimum atomic E-state index is 0.802. The maximum absolute atomic E-state index is 5.23. The fraction of sp³-hybridized carbons (Fsp3) is 0.545. The summed E-state index contributed by atoms with van der Waals surface area (Å²) in [5.41, 5.74) is 3.94. The highest BCUT2D eigenvalue weighted by Crippen LogP contribution is 2.28. The quantitative estimate of drug-likeness (QED) is 0.764. The van der Waals surface area contributed by atoms with Crippen LogP contribution >= 0.6 is 0 Å². The molecular weight excluding hydrogens is 350 g/mol. The summed E-state index contributed by atoms with van der Waals surface area (Å²) in [4.78, 5) is 17.1. The molecule has 2 aliphatic heterocycles. The Morgan fingerprint density at radius 2 is 1.75 bits per heavy atom. The molecule has 0 radical (unpaired) electrons. The average Bonchev–Trinajstić information content (AvgIpc) is 2.73. The molecule has 2 aliphatic rings. The van der Waals surface area contributed by atoms with Crippen LogP contribution in [0.1, 0.15) is 22.6 Å². The first-order valence-corrected chi connectivity index (χ1v) is 10.3. The Bertz CT molecular complexity index is 774. The van der Waals surface area contributed by atoms with Gasteiger partial charge in [-0.15, -0.1) is 0 Å². The Kier molecular flexibility index (Phi) is 6.20. The van der Waals surface area contributed by atoms with E-state index in [4.69, 9.17) is 14.7 Å². The second-order valence-electron chi connectivity index (χ2n) is 7.79. The smallest absolute Gasteiger partial charge is 0.137 e. The fourth-order valence-electron chi connectivity index (χ4n) is 4.21. The van der Waals surface area contributed by atoms with Gasteiger partial charge in [0, 0.05) is 71.5 Å². The van der Waals surface area contributed by atoms with Gasteiger partial charge in [-0.1, -0.05) is 30.3 Å². The van der Waals surface area contributed by atoms with Crippen molar-refractivity contribution in [3.8, 4) is 0 Å². The zero-order valence-corrected chi connectivity index (χ0v) is 17.1. The second-order valence-corrected chi connectivity index (χ2v) is 7.79. The van der Waals surface area contributed by atoms with Crippen LogP contribution < -0.4 is 4.90 Å². The van der Waals surface area contributed by atoms with Crippen LogP contribution in [0.4, 0.5) is 5.82 Å². The fourth-order valence-corrected chi connectivity index (χ4v) is 4.21. The zero-order valence-electron chi connectivity index (χ0n) is 17.1. The summed E-state index contributed by atoms with van der Waals surface area (Å²) in [5.74, 6) is 2.05. The molecule has 0 amide bonds. The summed E-state index contributed by atoms with van der Waals surface area (Å²) >= 11 is 0. The molecular formula is C22H31N5O. The standard InChI is InChI=1S/C22H31N5O/c1-18-23-21-8-9-26(16-19-6-4-3-5-7-19)17-20(21)22(24-18)27-12-10-25(11-13-27)14-15-28-2/h3-7H,8-17H2,1-2H3. The third-order valence-corrected chi connectivity index (χ3v) is 5.76. The highest BCUT2D eigenvalue weighted by Gasteiger charge is 2.26. The molecule has 0 unspecified atom stereocenters. The lowest BCUT2D eigenvalue weighted by Crippen LogP contribution is -2.48. The minimum absolute atomic E-state index is 0.802. The van der Waals surface area contributed by atoms with Gasteiger partial charge in [0.1, 0.15) is 11.6 Å². The van der Waals surface area contributed by atoms with Crippen molar-refractivity contribution in [2.24, 2.45) is 0 Å². The number of rotatable bonds is 6. The summed E-state index contributed by atoms with van der Waals surface area (Å²) in [7, 11) is 1.77. The van der Waals surface area contributed by atoms with Crippen LogP contribution in [0.5, 0.6) is 0 Å². The van der Waals surface area contributed by atoms with Crippen molar-refractivity contribution >= 4 is 5.82 Å². The molecule has 6 nitrogen and oxygen atoms in total. The lowest BCUT2D eigenvalue weighted by atomic mass is 10.0. The Morgan fingerprint density at radius 1 is 0.964 bits per heavy atom. The molecule has 28 heavy (non-hydrogen) atoms. The first-order chi connectivity index (χ1) is 13.7. The van der Waals surface area contributed by atoms with E-state index < -0.39 is 0 Å². The van der Waals surface area contributed by atoms with Gasteiger partial charge >= 0.3 is 0 Å². The van der Waals surface area contributed by atoms with E-state index in [2.05, 4.69) is 45.0 Å². The maximum atomic E-state index is 5.23. The van der Waals surface area contributed by atoms with E-state index in [1.54, 1.807) is 7.11 Å². The van der Waals surface area contributed by atoms with Crippen molar-refractivity contribution in [1.29, 1.82) is 0 Å². The number of nitrogens with zero attached hydrogens (tertiary/aromatic N) is 5. The molecule has 0 spiro atoms. The molecule has 1 aromatic carbocycles. The number of anilines is 1. The first kappa shape index (κ1) is 19.3. The molecule has 6 heteroatoms. The second kappa shape index (κ2) is 8.99. The van der Waals surface area contributed by atoms with Crippen LogP contribution in [0.15, 0.2) is 30.3 Å². The van der Waals surface area contributed by atoms with E-state index in [-0.39, 0.29) is 0 Å². The molecule has 0 atom stereocenters. The SMILES string of the molecule is COCCN1CCN(c2nc(C)nc3c2CN(Cc2ccccc2)CC3)CC1. The molecule has 4 rings (SSSR count). The van der Waals surface area contributed by atoms with Crippen molar-refractivity contribution in [2.45, 2.75) is 26.4 Å². The van der Waals surface area contributed by atoms with Gasteiger partial charge in [-0.25, -0.2) is 9.97 Å². The monoisotopic (exact) mass is 381 g/mol. The van der Waals surface area contributed by atoms with Crippen LogP contribution in [0.25, 0.3) is 0 Å². The van der Waals surface area contributed by atoms with Gasteiger partial charge in [0.15, 0.2) is 0 Å². The highest BCUT2D eigenvalue weighted by atomic mass is 16.5. The van der Waals surface area contributed by atoms with E-state index in [1.807, 2.05) is 6.92 Å². The molecule has 0 bridgehead atoms. The Morgan fingerprint density at radius 3 is 2.50 bits per heavy atom. The highest BCUT2D eigenvalue weighted by molar-refractivity contribution is 5.50. The lowest BCUT2D eigenvalue weighted by Gasteiger charge is -2.38. The van der Waals surface area contributed by atoms with Crippen LogP contribution in [-0.2, 0) is 24.2 Å². The predicted molar refractivity (Wildman–Crippen MR) is 112 cm³/mol. The Balaban J connectivity index is 1.48. The minimum Gasteiger partial charge on any atom is -0.383 e. The molecule has 1 fully saturated rings. The number of hydrogen-bond acceptors (Lipinski definition) is 6. The summed E-state index contributed by atoms with van der Waals surface area (Å²) < 4.78 is 5.23. The maximum Gasteiger partial charge on any atom is 0.137 e.